The molecule has 1 rings (SSSR count). The lowest BCUT2D eigenvalue weighted by Gasteiger charge is -2.40. The molecule has 202 valence electrons. The lowest BCUT2D eigenvalue weighted by molar-refractivity contribution is -0.151. The highest BCUT2D eigenvalue weighted by atomic mass is 16.4. The van der Waals surface area contributed by atoms with Crippen molar-refractivity contribution in [2.24, 2.45) is 11.3 Å². The number of nitrogens with one attached hydrogen (secondary N) is 2. The van der Waals surface area contributed by atoms with Crippen molar-refractivity contribution >= 4 is 23.7 Å². The summed E-state index contributed by atoms with van der Waals surface area (Å²) in [5.41, 5.74) is -0.261. The fourth-order valence-corrected chi connectivity index (χ4v) is 4.47. The van der Waals surface area contributed by atoms with E-state index in [0.29, 0.717) is 0 Å². The predicted molar refractivity (Wildman–Crippen MR) is 140 cm³/mol. The summed E-state index contributed by atoms with van der Waals surface area (Å²) in [6.45, 7) is 12.6. The van der Waals surface area contributed by atoms with Crippen LogP contribution >= 0.6 is 0 Å². The molecule has 0 radical (unpaired) electrons. The monoisotopic (exact) mass is 504 g/mol. The largest absolute Gasteiger partial charge is 0.480 e. The second kappa shape index (κ2) is 12.3. The fourth-order valence-electron chi connectivity index (χ4n) is 4.47. The van der Waals surface area contributed by atoms with Gasteiger partial charge in [-0.3, -0.25) is 19.2 Å². The van der Waals surface area contributed by atoms with Gasteiger partial charge in [0.2, 0.25) is 17.7 Å². The van der Waals surface area contributed by atoms with Crippen LogP contribution in [0, 0.1) is 11.3 Å². The SMILES string of the molecule is CNC(C(=O)NC(C(=O)N(C)C(C(=O)N(C)CC(=O)O)C(C)C)C(C)(C)C)C(C)(C)c1ccccc1. The zero-order chi connectivity index (χ0) is 28.0. The fraction of sp³-hybridized carbons (Fsp3) is 0.630. The highest BCUT2D eigenvalue weighted by Crippen LogP contribution is 2.29. The summed E-state index contributed by atoms with van der Waals surface area (Å²) in [6.07, 6.45) is 0. The summed E-state index contributed by atoms with van der Waals surface area (Å²) < 4.78 is 0. The van der Waals surface area contributed by atoms with Gasteiger partial charge in [-0.1, -0.05) is 78.8 Å². The Balaban J connectivity index is 3.28. The van der Waals surface area contributed by atoms with E-state index >= 15 is 0 Å². The first-order valence-corrected chi connectivity index (χ1v) is 12.2. The van der Waals surface area contributed by atoms with Crippen molar-refractivity contribution in [1.29, 1.82) is 0 Å². The first-order valence-electron chi connectivity index (χ1n) is 12.2. The molecule has 1 aromatic carbocycles. The van der Waals surface area contributed by atoms with Gasteiger partial charge < -0.3 is 25.5 Å². The number of rotatable bonds is 11. The molecule has 3 unspecified atom stereocenters. The van der Waals surface area contributed by atoms with Gasteiger partial charge in [0.05, 0.1) is 6.04 Å². The number of hydrogen-bond acceptors (Lipinski definition) is 5. The van der Waals surface area contributed by atoms with Crippen LogP contribution in [0.3, 0.4) is 0 Å². The molecule has 0 heterocycles. The standard InChI is InChI=1S/C27H44N4O5/c1-17(2)20(24(35)30(9)16-19(32)33)31(10)25(36)22(26(3,4)5)29-23(34)21(28-8)27(6,7)18-14-12-11-13-15-18/h11-15,17,20-22,28H,16H2,1-10H3,(H,29,34)(H,32,33). The molecular weight excluding hydrogens is 460 g/mol. The van der Waals surface area contributed by atoms with E-state index in [2.05, 4.69) is 10.6 Å². The third-order valence-electron chi connectivity index (χ3n) is 6.59. The number of hydrogen-bond donors (Lipinski definition) is 3. The van der Waals surface area contributed by atoms with Gasteiger partial charge in [-0.05, 0) is 23.9 Å². The number of amides is 3. The Bertz CT molecular complexity index is 924. The Hall–Kier alpha value is -2.94. The second-order valence-electron chi connectivity index (χ2n) is 11.3. The first-order chi connectivity index (χ1) is 16.5. The average Bonchev–Trinajstić information content (AvgIpc) is 2.76. The topological polar surface area (TPSA) is 119 Å². The Morgan fingerprint density at radius 2 is 1.44 bits per heavy atom. The summed E-state index contributed by atoms with van der Waals surface area (Å²) in [5.74, 6) is -2.63. The van der Waals surface area contributed by atoms with Gasteiger partial charge in [0.1, 0.15) is 18.6 Å². The van der Waals surface area contributed by atoms with Crippen LogP contribution < -0.4 is 10.6 Å². The van der Waals surface area contributed by atoms with Crippen LogP contribution in [-0.4, -0.2) is 84.4 Å². The van der Waals surface area contributed by atoms with E-state index in [-0.39, 0.29) is 11.8 Å². The van der Waals surface area contributed by atoms with Gasteiger partial charge in [-0.2, -0.15) is 0 Å². The average molecular weight is 505 g/mol. The van der Waals surface area contributed by atoms with E-state index in [1.807, 2.05) is 65.0 Å². The summed E-state index contributed by atoms with van der Waals surface area (Å²) in [4.78, 5) is 53.9. The molecule has 1 aromatic rings. The summed E-state index contributed by atoms with van der Waals surface area (Å²) in [6, 6.07) is 7.24. The van der Waals surface area contributed by atoms with Gasteiger partial charge >= 0.3 is 5.97 Å². The van der Waals surface area contributed by atoms with Crippen LogP contribution in [-0.2, 0) is 24.6 Å². The molecule has 0 bridgehead atoms. The highest BCUT2D eigenvalue weighted by molar-refractivity contribution is 5.94. The van der Waals surface area contributed by atoms with Crippen molar-refractivity contribution in [2.45, 2.75) is 72.0 Å². The molecule has 0 aliphatic carbocycles. The van der Waals surface area contributed by atoms with Gasteiger partial charge in [0, 0.05) is 19.5 Å². The summed E-state index contributed by atoms with van der Waals surface area (Å²) >= 11 is 0. The molecule has 3 amide bonds. The van der Waals surface area contributed by atoms with E-state index in [9.17, 15) is 19.2 Å². The van der Waals surface area contributed by atoms with E-state index < -0.39 is 53.3 Å². The molecule has 0 aromatic heterocycles. The van der Waals surface area contributed by atoms with Gasteiger partial charge in [0.25, 0.3) is 0 Å². The molecule has 0 aliphatic rings. The van der Waals surface area contributed by atoms with Crippen molar-refractivity contribution in [3.05, 3.63) is 35.9 Å². The Morgan fingerprint density at radius 1 is 0.917 bits per heavy atom. The predicted octanol–water partition coefficient (Wildman–Crippen LogP) is 2.11. The minimum absolute atomic E-state index is 0.277. The Labute approximate surface area is 215 Å². The minimum Gasteiger partial charge on any atom is -0.480 e. The van der Waals surface area contributed by atoms with Crippen LogP contribution in [0.2, 0.25) is 0 Å². The molecule has 3 atom stereocenters. The van der Waals surface area contributed by atoms with Gasteiger partial charge in [0.15, 0.2) is 0 Å². The minimum atomic E-state index is -1.14. The molecule has 36 heavy (non-hydrogen) atoms. The van der Waals surface area contributed by atoms with E-state index in [4.69, 9.17) is 5.11 Å². The second-order valence-corrected chi connectivity index (χ2v) is 11.3. The maximum Gasteiger partial charge on any atom is 0.323 e. The van der Waals surface area contributed by atoms with Crippen LogP contribution in [0.25, 0.3) is 0 Å². The lowest BCUT2D eigenvalue weighted by Crippen LogP contribution is -2.63. The molecule has 0 spiro atoms. The third kappa shape index (κ3) is 7.53. The summed E-state index contributed by atoms with van der Waals surface area (Å²) in [7, 11) is 4.63. The number of nitrogens with zero attached hydrogens (tertiary/aromatic N) is 2. The number of likely N-dealkylation sites (N-methyl/N-ethyl adjacent to an activating group) is 3. The van der Waals surface area contributed by atoms with Crippen molar-refractivity contribution in [3.8, 4) is 0 Å². The molecule has 0 saturated carbocycles. The van der Waals surface area contributed by atoms with Crippen LogP contribution in [0.1, 0.15) is 54.0 Å². The van der Waals surface area contributed by atoms with E-state index in [1.54, 1.807) is 20.9 Å². The van der Waals surface area contributed by atoms with Crippen molar-refractivity contribution in [1.82, 2.24) is 20.4 Å². The first kappa shape index (κ1) is 31.1. The van der Waals surface area contributed by atoms with Crippen molar-refractivity contribution < 1.29 is 24.3 Å². The highest BCUT2D eigenvalue weighted by Gasteiger charge is 2.43. The zero-order valence-electron chi connectivity index (χ0n) is 23.4. The number of carbonyl (C=O) groups is 4. The molecule has 0 saturated heterocycles. The number of aliphatic carboxylic acids is 1. The third-order valence-corrected chi connectivity index (χ3v) is 6.59. The normalized spacial score (nSPS) is 14.5. The molecule has 3 N–H and O–H groups in total. The van der Waals surface area contributed by atoms with Crippen molar-refractivity contribution in [3.63, 3.8) is 0 Å². The van der Waals surface area contributed by atoms with Gasteiger partial charge in [-0.15, -0.1) is 0 Å². The zero-order valence-corrected chi connectivity index (χ0v) is 23.4. The lowest BCUT2D eigenvalue weighted by atomic mass is 9.76. The maximum atomic E-state index is 13.8. The Morgan fingerprint density at radius 3 is 1.86 bits per heavy atom. The quantitative estimate of drug-likeness (QED) is 0.425. The van der Waals surface area contributed by atoms with Crippen LogP contribution in [0.15, 0.2) is 30.3 Å². The number of carbonyl (C=O) groups excluding carboxylic acids is 3. The van der Waals surface area contributed by atoms with Gasteiger partial charge in [-0.25, -0.2) is 0 Å². The molecule has 9 heteroatoms. The molecule has 0 aliphatic heterocycles. The molecular formula is C27H44N4O5. The van der Waals surface area contributed by atoms with E-state index in [0.717, 1.165) is 10.5 Å². The van der Waals surface area contributed by atoms with Crippen LogP contribution in [0.4, 0.5) is 0 Å². The number of carboxylic acids is 1. The van der Waals surface area contributed by atoms with Crippen LogP contribution in [0.5, 0.6) is 0 Å². The number of carboxylic acid groups (broad SMARTS) is 1. The Kier molecular flexibility index (Phi) is 10.7. The maximum absolute atomic E-state index is 13.8. The van der Waals surface area contributed by atoms with E-state index in [1.165, 1.54) is 19.0 Å². The summed E-state index contributed by atoms with van der Waals surface area (Å²) in [5, 5.41) is 15.1. The number of benzene rings is 1. The molecule has 0 fully saturated rings. The molecule has 9 nitrogen and oxygen atoms in total. The van der Waals surface area contributed by atoms with Crippen molar-refractivity contribution in [2.75, 3.05) is 27.7 Å². The smallest absolute Gasteiger partial charge is 0.323 e.